The summed E-state index contributed by atoms with van der Waals surface area (Å²) in [6.07, 6.45) is 0.348. The molecular weight excluding hydrogens is 276 g/mol. The largest absolute Gasteiger partial charge is 0.481 e. The summed E-state index contributed by atoms with van der Waals surface area (Å²) in [4.78, 5) is 38.0. The fourth-order valence-electron chi connectivity index (χ4n) is 2.14. The molecular formula is C14H24N2O5. The quantitative estimate of drug-likeness (QED) is 0.705. The third-order valence-corrected chi connectivity index (χ3v) is 3.76. The summed E-state index contributed by atoms with van der Waals surface area (Å²) in [5.41, 5.74) is -1.04. The Kier molecular flexibility index (Phi) is 6.14. The first-order valence-corrected chi connectivity index (χ1v) is 7.06. The van der Waals surface area contributed by atoms with Gasteiger partial charge in [0.15, 0.2) is 0 Å². The standard InChI is InChI=1S/C14H24N2O5/c1-14(2,13(19)20)10-11(17)16-8-6-15(7-9-16)5-4-12(18)21-3/h4-10H2,1-3H3,(H,19,20). The SMILES string of the molecule is COC(=O)CCN1CCN(C(=O)CC(C)(C)C(=O)O)CC1. The first-order chi connectivity index (χ1) is 9.76. The molecule has 1 amide bonds. The van der Waals surface area contributed by atoms with Crippen molar-refractivity contribution in [2.75, 3.05) is 39.8 Å². The van der Waals surface area contributed by atoms with Gasteiger partial charge in [0.2, 0.25) is 5.91 Å². The van der Waals surface area contributed by atoms with Crippen molar-refractivity contribution >= 4 is 17.8 Å². The highest BCUT2D eigenvalue weighted by atomic mass is 16.5. The van der Waals surface area contributed by atoms with Crippen LogP contribution in [0.3, 0.4) is 0 Å². The molecule has 1 aliphatic heterocycles. The lowest BCUT2D eigenvalue weighted by atomic mass is 9.89. The molecule has 0 aromatic rings. The number of hydrogen-bond acceptors (Lipinski definition) is 5. The smallest absolute Gasteiger partial charge is 0.309 e. The second-order valence-corrected chi connectivity index (χ2v) is 5.91. The van der Waals surface area contributed by atoms with E-state index in [-0.39, 0.29) is 18.3 Å². The predicted octanol–water partition coefficient (Wildman–Crippen LogP) is 0.195. The van der Waals surface area contributed by atoms with E-state index in [1.54, 1.807) is 18.7 Å². The summed E-state index contributed by atoms with van der Waals surface area (Å²) in [6.45, 7) is 6.24. The fourth-order valence-corrected chi connectivity index (χ4v) is 2.14. The van der Waals surface area contributed by atoms with Gasteiger partial charge in [-0.15, -0.1) is 0 Å². The van der Waals surface area contributed by atoms with E-state index >= 15 is 0 Å². The number of aliphatic carboxylic acids is 1. The van der Waals surface area contributed by atoms with Gasteiger partial charge in [0.25, 0.3) is 0 Å². The molecule has 1 saturated heterocycles. The molecule has 1 rings (SSSR count). The van der Waals surface area contributed by atoms with Crippen LogP contribution in [-0.4, -0.2) is 72.6 Å². The minimum absolute atomic E-state index is 0.00446. The van der Waals surface area contributed by atoms with Gasteiger partial charge >= 0.3 is 11.9 Å². The van der Waals surface area contributed by atoms with Crippen LogP contribution in [0.25, 0.3) is 0 Å². The molecule has 1 aliphatic rings. The van der Waals surface area contributed by atoms with Crippen LogP contribution < -0.4 is 0 Å². The Bertz CT molecular complexity index is 400. The normalized spacial score (nSPS) is 16.6. The fraction of sp³-hybridized carbons (Fsp3) is 0.786. The number of carboxylic acids is 1. The lowest BCUT2D eigenvalue weighted by Gasteiger charge is -2.35. The number of carbonyl (C=O) groups excluding carboxylic acids is 2. The van der Waals surface area contributed by atoms with Crippen molar-refractivity contribution in [2.24, 2.45) is 5.41 Å². The average Bonchev–Trinajstić information content (AvgIpc) is 2.44. The zero-order chi connectivity index (χ0) is 16.0. The monoisotopic (exact) mass is 300 g/mol. The van der Waals surface area contributed by atoms with E-state index < -0.39 is 11.4 Å². The van der Waals surface area contributed by atoms with Crippen LogP contribution >= 0.6 is 0 Å². The summed E-state index contributed by atoms with van der Waals surface area (Å²) < 4.78 is 4.59. The highest BCUT2D eigenvalue weighted by Gasteiger charge is 2.33. The predicted molar refractivity (Wildman–Crippen MR) is 75.7 cm³/mol. The van der Waals surface area contributed by atoms with Crippen LogP contribution in [0.5, 0.6) is 0 Å². The number of piperazine rings is 1. The number of methoxy groups -OCH3 is 1. The van der Waals surface area contributed by atoms with Crippen LogP contribution in [0.2, 0.25) is 0 Å². The van der Waals surface area contributed by atoms with Crippen LogP contribution in [0.4, 0.5) is 0 Å². The second kappa shape index (κ2) is 7.40. The lowest BCUT2D eigenvalue weighted by molar-refractivity contribution is -0.152. The van der Waals surface area contributed by atoms with Crippen LogP contribution in [0.1, 0.15) is 26.7 Å². The van der Waals surface area contributed by atoms with Crippen molar-refractivity contribution in [3.05, 3.63) is 0 Å². The van der Waals surface area contributed by atoms with Gasteiger partial charge in [-0.3, -0.25) is 19.3 Å². The maximum atomic E-state index is 12.1. The molecule has 0 atom stereocenters. The molecule has 21 heavy (non-hydrogen) atoms. The molecule has 0 radical (unpaired) electrons. The number of nitrogens with zero attached hydrogens (tertiary/aromatic N) is 2. The molecule has 0 unspecified atom stereocenters. The molecule has 7 heteroatoms. The third-order valence-electron chi connectivity index (χ3n) is 3.76. The maximum Gasteiger partial charge on any atom is 0.309 e. The van der Waals surface area contributed by atoms with Crippen LogP contribution in [-0.2, 0) is 19.1 Å². The molecule has 120 valence electrons. The Balaban J connectivity index is 2.37. The molecule has 1 N–H and O–H groups in total. The Morgan fingerprint density at radius 3 is 2.19 bits per heavy atom. The van der Waals surface area contributed by atoms with Gasteiger partial charge in [0.05, 0.1) is 18.9 Å². The zero-order valence-corrected chi connectivity index (χ0v) is 12.9. The third kappa shape index (κ3) is 5.34. The molecule has 0 aromatic carbocycles. The number of esters is 1. The first-order valence-electron chi connectivity index (χ1n) is 7.06. The molecule has 0 bridgehead atoms. The minimum atomic E-state index is -1.04. The maximum absolute atomic E-state index is 12.1. The Labute approximate surface area is 124 Å². The number of amides is 1. The topological polar surface area (TPSA) is 87.2 Å². The average molecular weight is 300 g/mol. The Morgan fingerprint density at radius 1 is 1.14 bits per heavy atom. The van der Waals surface area contributed by atoms with Crippen molar-refractivity contribution in [2.45, 2.75) is 26.7 Å². The molecule has 0 aromatic heterocycles. The number of carbonyl (C=O) groups is 3. The van der Waals surface area contributed by atoms with Crippen molar-refractivity contribution in [3.63, 3.8) is 0 Å². The van der Waals surface area contributed by atoms with E-state index in [0.29, 0.717) is 39.1 Å². The van der Waals surface area contributed by atoms with E-state index in [1.165, 1.54) is 7.11 Å². The summed E-state index contributed by atoms with van der Waals surface area (Å²) in [5, 5.41) is 9.05. The molecule has 0 spiro atoms. The van der Waals surface area contributed by atoms with Crippen LogP contribution in [0, 0.1) is 5.41 Å². The number of hydrogen-bond donors (Lipinski definition) is 1. The van der Waals surface area contributed by atoms with E-state index in [9.17, 15) is 14.4 Å². The van der Waals surface area contributed by atoms with Gasteiger partial charge < -0.3 is 14.7 Å². The summed E-state index contributed by atoms with van der Waals surface area (Å²) in [7, 11) is 1.36. The number of ether oxygens (including phenoxy) is 1. The van der Waals surface area contributed by atoms with Gasteiger partial charge in [-0.1, -0.05) is 0 Å². The Hall–Kier alpha value is -1.63. The van der Waals surface area contributed by atoms with Crippen LogP contribution in [0.15, 0.2) is 0 Å². The van der Waals surface area contributed by atoms with Gasteiger partial charge in [0, 0.05) is 39.1 Å². The zero-order valence-electron chi connectivity index (χ0n) is 12.9. The molecule has 0 aliphatic carbocycles. The van der Waals surface area contributed by atoms with E-state index in [2.05, 4.69) is 9.64 Å². The van der Waals surface area contributed by atoms with Gasteiger partial charge in [-0.05, 0) is 13.8 Å². The highest BCUT2D eigenvalue weighted by Crippen LogP contribution is 2.22. The van der Waals surface area contributed by atoms with Gasteiger partial charge in [-0.25, -0.2) is 0 Å². The van der Waals surface area contributed by atoms with Crippen molar-refractivity contribution < 1.29 is 24.2 Å². The van der Waals surface area contributed by atoms with E-state index in [4.69, 9.17) is 5.11 Å². The second-order valence-electron chi connectivity index (χ2n) is 5.91. The number of carboxylic acid groups (broad SMARTS) is 1. The van der Waals surface area contributed by atoms with Gasteiger partial charge in [-0.2, -0.15) is 0 Å². The highest BCUT2D eigenvalue weighted by molar-refractivity contribution is 5.84. The summed E-state index contributed by atoms with van der Waals surface area (Å²) in [5.74, 6) is -1.33. The lowest BCUT2D eigenvalue weighted by Crippen LogP contribution is -2.50. The van der Waals surface area contributed by atoms with E-state index in [1.807, 2.05) is 0 Å². The van der Waals surface area contributed by atoms with Crippen molar-refractivity contribution in [1.29, 1.82) is 0 Å². The van der Waals surface area contributed by atoms with Gasteiger partial charge in [0.1, 0.15) is 0 Å². The molecule has 1 fully saturated rings. The minimum Gasteiger partial charge on any atom is -0.481 e. The molecule has 1 heterocycles. The van der Waals surface area contributed by atoms with Crippen molar-refractivity contribution in [3.8, 4) is 0 Å². The Morgan fingerprint density at radius 2 is 1.71 bits per heavy atom. The molecule has 0 saturated carbocycles. The summed E-state index contributed by atoms with van der Waals surface area (Å²) in [6, 6.07) is 0. The summed E-state index contributed by atoms with van der Waals surface area (Å²) >= 11 is 0. The van der Waals surface area contributed by atoms with Crippen molar-refractivity contribution in [1.82, 2.24) is 9.80 Å². The van der Waals surface area contributed by atoms with E-state index in [0.717, 1.165) is 0 Å². The first kappa shape index (κ1) is 17.4. The number of rotatable bonds is 6. The molecule has 7 nitrogen and oxygen atoms in total.